The third-order valence-corrected chi connectivity index (χ3v) is 5.13. The second kappa shape index (κ2) is 5.73. The predicted octanol–water partition coefficient (Wildman–Crippen LogP) is 1.35. The van der Waals surface area contributed by atoms with Gasteiger partial charge in [0.15, 0.2) is 5.25 Å². The van der Waals surface area contributed by atoms with E-state index in [1.165, 1.54) is 0 Å². The van der Waals surface area contributed by atoms with Crippen molar-refractivity contribution < 1.29 is 8.42 Å². The van der Waals surface area contributed by atoms with Crippen molar-refractivity contribution in [2.75, 3.05) is 12.8 Å². The molecule has 0 aliphatic rings. The highest BCUT2D eigenvalue weighted by atomic mass is 32.2. The van der Waals surface area contributed by atoms with E-state index in [1.807, 2.05) is 20.1 Å². The summed E-state index contributed by atoms with van der Waals surface area (Å²) in [6.07, 6.45) is 2.24. The van der Waals surface area contributed by atoms with E-state index in [0.717, 1.165) is 0 Å². The second-order valence-electron chi connectivity index (χ2n) is 3.86. The molecule has 4 nitrogen and oxygen atoms in total. The zero-order valence-electron chi connectivity index (χ0n) is 9.57. The smallest absolute Gasteiger partial charge is 0.213 e. The maximum atomic E-state index is 11.6. The number of hydrogen-bond donors (Lipinski definition) is 1. The Hall–Kier alpha value is -0.250. The van der Waals surface area contributed by atoms with Gasteiger partial charge in [0.25, 0.3) is 0 Å². The van der Waals surface area contributed by atoms with Crippen molar-refractivity contribution in [1.82, 2.24) is 4.72 Å². The topological polar surface area (TPSA) is 70.0 Å². The van der Waals surface area contributed by atoms with E-state index in [2.05, 4.69) is 4.72 Å². The molecule has 0 radical (unpaired) electrons. The zero-order valence-corrected chi connectivity index (χ0v) is 11.2. The number of thioether (sulfide) groups is 1. The summed E-state index contributed by atoms with van der Waals surface area (Å²) in [4.78, 5) is 0. The number of nitrogens with one attached hydrogen (secondary N) is 1. The Morgan fingerprint density at radius 1 is 1.53 bits per heavy atom. The summed E-state index contributed by atoms with van der Waals surface area (Å²) in [7, 11) is -3.49. The fraction of sp³-hybridized carbons (Fsp3) is 0.889. The number of rotatable bonds is 6. The van der Waals surface area contributed by atoms with Gasteiger partial charge in [-0.1, -0.05) is 6.92 Å². The first-order valence-corrected chi connectivity index (χ1v) is 7.49. The summed E-state index contributed by atoms with van der Waals surface area (Å²) in [5, 5.41) is 7.72. The Labute approximate surface area is 96.5 Å². The maximum absolute atomic E-state index is 11.6. The molecule has 0 rings (SSSR count). The van der Waals surface area contributed by atoms with E-state index in [4.69, 9.17) is 5.26 Å². The summed E-state index contributed by atoms with van der Waals surface area (Å²) >= 11 is 1.58. The van der Waals surface area contributed by atoms with Gasteiger partial charge in [-0.05, 0) is 26.5 Å². The summed E-state index contributed by atoms with van der Waals surface area (Å²) in [6.45, 7) is 5.93. The standard InChI is InChI=1S/C9H18N2O2S2/c1-5-8(6-10)15(12,13)11-7-9(2,3)14-4/h8,11H,5,7H2,1-4H3. The van der Waals surface area contributed by atoms with Crippen LogP contribution in [-0.4, -0.2) is 31.2 Å². The monoisotopic (exact) mass is 250 g/mol. The van der Waals surface area contributed by atoms with Gasteiger partial charge in [0.05, 0.1) is 6.07 Å². The molecule has 0 aliphatic heterocycles. The van der Waals surface area contributed by atoms with Crippen molar-refractivity contribution in [3.05, 3.63) is 0 Å². The van der Waals surface area contributed by atoms with Crippen molar-refractivity contribution in [3.8, 4) is 6.07 Å². The van der Waals surface area contributed by atoms with Crippen molar-refractivity contribution in [1.29, 1.82) is 5.26 Å². The molecule has 0 saturated heterocycles. The summed E-state index contributed by atoms with van der Waals surface area (Å²) in [5.41, 5.74) is 0. The molecule has 0 amide bonds. The molecule has 0 spiro atoms. The molecular formula is C9H18N2O2S2. The molecule has 0 heterocycles. The second-order valence-corrected chi connectivity index (χ2v) is 7.32. The van der Waals surface area contributed by atoms with Crippen LogP contribution in [-0.2, 0) is 10.0 Å². The van der Waals surface area contributed by atoms with Gasteiger partial charge in [0.1, 0.15) is 0 Å². The minimum absolute atomic E-state index is 0.152. The molecule has 0 aromatic rings. The molecule has 0 fully saturated rings. The van der Waals surface area contributed by atoms with Crippen LogP contribution in [0.4, 0.5) is 0 Å². The van der Waals surface area contributed by atoms with Crippen molar-refractivity contribution in [2.45, 2.75) is 37.2 Å². The van der Waals surface area contributed by atoms with E-state index in [9.17, 15) is 8.42 Å². The van der Waals surface area contributed by atoms with Gasteiger partial charge < -0.3 is 0 Å². The van der Waals surface area contributed by atoms with Gasteiger partial charge in [-0.25, -0.2) is 13.1 Å². The first-order valence-electron chi connectivity index (χ1n) is 4.72. The molecule has 6 heteroatoms. The van der Waals surface area contributed by atoms with Crippen molar-refractivity contribution in [3.63, 3.8) is 0 Å². The Morgan fingerprint density at radius 2 is 2.07 bits per heavy atom. The van der Waals surface area contributed by atoms with Crippen molar-refractivity contribution >= 4 is 21.8 Å². The number of nitriles is 1. The minimum Gasteiger partial charge on any atom is -0.213 e. The van der Waals surface area contributed by atoms with Gasteiger partial charge in [-0.2, -0.15) is 17.0 Å². The first-order chi connectivity index (χ1) is 6.79. The molecule has 0 aromatic carbocycles. The number of nitrogens with zero attached hydrogens (tertiary/aromatic N) is 1. The average Bonchev–Trinajstić information content (AvgIpc) is 2.17. The van der Waals surface area contributed by atoms with Gasteiger partial charge in [-0.15, -0.1) is 0 Å². The molecular weight excluding hydrogens is 232 g/mol. The SMILES string of the molecule is CCC(C#N)S(=O)(=O)NCC(C)(C)SC. The molecule has 15 heavy (non-hydrogen) atoms. The van der Waals surface area contributed by atoms with Crippen LogP contribution in [0.1, 0.15) is 27.2 Å². The maximum Gasteiger partial charge on any atom is 0.228 e. The van der Waals surface area contributed by atoms with E-state index in [1.54, 1.807) is 24.8 Å². The fourth-order valence-electron chi connectivity index (χ4n) is 0.827. The van der Waals surface area contributed by atoms with Gasteiger partial charge in [-0.3, -0.25) is 0 Å². The Bertz CT molecular complexity index is 331. The van der Waals surface area contributed by atoms with E-state index >= 15 is 0 Å². The largest absolute Gasteiger partial charge is 0.228 e. The van der Waals surface area contributed by atoms with Crippen LogP contribution < -0.4 is 4.72 Å². The highest BCUT2D eigenvalue weighted by Crippen LogP contribution is 2.20. The highest BCUT2D eigenvalue weighted by molar-refractivity contribution is 8.00. The van der Waals surface area contributed by atoms with Crippen molar-refractivity contribution in [2.24, 2.45) is 0 Å². The minimum atomic E-state index is -3.49. The van der Waals surface area contributed by atoms with Crippen LogP contribution in [0.25, 0.3) is 0 Å². The summed E-state index contributed by atoms with van der Waals surface area (Å²) < 4.78 is 25.6. The lowest BCUT2D eigenvalue weighted by molar-refractivity contribution is 0.562. The van der Waals surface area contributed by atoms with Gasteiger partial charge in [0, 0.05) is 11.3 Å². The van der Waals surface area contributed by atoms with Crippen LogP contribution in [0.15, 0.2) is 0 Å². The van der Waals surface area contributed by atoms with Crippen LogP contribution in [0.5, 0.6) is 0 Å². The van der Waals surface area contributed by atoms with Gasteiger partial charge in [0.2, 0.25) is 10.0 Å². The molecule has 1 N–H and O–H groups in total. The summed E-state index contributed by atoms with van der Waals surface area (Å²) in [5.74, 6) is 0. The lowest BCUT2D eigenvalue weighted by Crippen LogP contribution is -2.40. The normalized spacial score (nSPS) is 14.6. The van der Waals surface area contributed by atoms with E-state index < -0.39 is 15.3 Å². The molecule has 0 aliphatic carbocycles. The zero-order chi connectivity index (χ0) is 12.1. The molecule has 0 bridgehead atoms. The Balaban J connectivity index is 4.49. The average molecular weight is 250 g/mol. The summed E-state index contributed by atoms with van der Waals surface area (Å²) in [6, 6.07) is 1.79. The molecule has 0 aromatic heterocycles. The molecule has 1 atom stereocenters. The van der Waals surface area contributed by atoms with Crippen LogP contribution in [0.3, 0.4) is 0 Å². The lowest BCUT2D eigenvalue weighted by atomic mass is 10.2. The molecule has 88 valence electrons. The third-order valence-electron chi connectivity index (χ3n) is 2.14. The number of sulfonamides is 1. The number of hydrogen-bond acceptors (Lipinski definition) is 4. The lowest BCUT2D eigenvalue weighted by Gasteiger charge is -2.22. The van der Waals surface area contributed by atoms with Crippen LogP contribution in [0, 0.1) is 11.3 Å². The molecule has 0 saturated carbocycles. The Morgan fingerprint density at radius 3 is 2.40 bits per heavy atom. The van der Waals surface area contributed by atoms with Gasteiger partial charge >= 0.3 is 0 Å². The Kier molecular flexibility index (Phi) is 5.63. The van der Waals surface area contributed by atoms with E-state index in [0.29, 0.717) is 13.0 Å². The first kappa shape index (κ1) is 14.8. The highest BCUT2D eigenvalue weighted by Gasteiger charge is 2.26. The third kappa shape index (κ3) is 4.87. The van der Waals surface area contributed by atoms with E-state index in [-0.39, 0.29) is 4.75 Å². The fourth-order valence-corrected chi connectivity index (χ4v) is 2.48. The molecule has 1 unspecified atom stereocenters. The van der Waals surface area contributed by atoms with Crippen LogP contribution in [0.2, 0.25) is 0 Å². The van der Waals surface area contributed by atoms with Crippen LogP contribution >= 0.6 is 11.8 Å². The quantitative estimate of drug-likeness (QED) is 0.772. The predicted molar refractivity (Wildman–Crippen MR) is 64.2 cm³/mol.